The van der Waals surface area contributed by atoms with E-state index in [0.29, 0.717) is 38.2 Å². The topological polar surface area (TPSA) is 160 Å². The first-order valence-corrected chi connectivity index (χ1v) is 21.4. The summed E-state index contributed by atoms with van der Waals surface area (Å²) >= 11 is 0. The van der Waals surface area contributed by atoms with E-state index in [9.17, 15) is 24.0 Å². The van der Waals surface area contributed by atoms with E-state index in [4.69, 9.17) is 0 Å². The summed E-state index contributed by atoms with van der Waals surface area (Å²) < 4.78 is 4.81. The first-order valence-electron chi connectivity index (χ1n) is 21.4. The van der Waals surface area contributed by atoms with E-state index in [-0.39, 0.29) is 29.8 Å². The number of amides is 4. The number of nitrogens with zero attached hydrogens (tertiary/aromatic N) is 7. The van der Waals surface area contributed by atoms with Crippen LogP contribution in [-0.4, -0.2) is 89.2 Å². The van der Waals surface area contributed by atoms with Gasteiger partial charge in [0.25, 0.3) is 5.91 Å². The molecule has 3 aromatic heterocycles. The highest BCUT2D eigenvalue weighted by Gasteiger charge is 2.31. The second-order valence-electron chi connectivity index (χ2n) is 16.2. The maximum Gasteiger partial charge on any atom is 0.329 e. The highest BCUT2D eigenvalue weighted by atomic mass is 16.2. The smallest absolute Gasteiger partial charge is 0.329 e. The number of hydrogen-bond donors (Lipinski definition) is 2. The minimum atomic E-state index is -0.664. The number of H-pyrrole nitrogens is 1. The highest BCUT2D eigenvalue weighted by Crippen LogP contribution is 2.27. The fraction of sp³-hybridized carbons (Fsp3) is 0.489. The van der Waals surface area contributed by atoms with Gasteiger partial charge in [0.1, 0.15) is 11.7 Å². The Kier molecular flexibility index (Phi) is 13.5. The van der Waals surface area contributed by atoms with Crippen LogP contribution in [0.25, 0.3) is 27.5 Å². The number of piperidine rings is 1. The van der Waals surface area contributed by atoms with E-state index in [1.165, 1.54) is 48.7 Å². The zero-order chi connectivity index (χ0) is 41.3. The number of hydrogen-bond acceptors (Lipinski definition) is 7. The number of carbonyl (C=O) groups is 4. The van der Waals surface area contributed by atoms with Gasteiger partial charge in [-0.3, -0.25) is 38.3 Å². The SMILES string of the molecule is CN(CCCCCCCCCCCCc1ccc2c(c1)n(C)c(=O)n2C1CCC(=O)NC1=O)C(=O)c1cc2ccc(C3=CCCN(C(=O)CCn4ccnn4)C3)cc2[nH]1. The van der Waals surface area contributed by atoms with E-state index in [0.717, 1.165) is 78.1 Å². The molecule has 1 fully saturated rings. The first kappa shape index (κ1) is 41.4. The van der Waals surface area contributed by atoms with Crippen molar-refractivity contribution in [2.45, 2.75) is 109 Å². The Morgan fingerprint density at radius 1 is 0.898 bits per heavy atom. The van der Waals surface area contributed by atoms with Gasteiger partial charge in [-0.25, -0.2) is 4.79 Å². The van der Waals surface area contributed by atoms with E-state index < -0.39 is 11.9 Å². The third-order valence-corrected chi connectivity index (χ3v) is 12.0. The number of imidazole rings is 1. The second kappa shape index (κ2) is 19.3. The van der Waals surface area contributed by atoms with Crippen LogP contribution >= 0.6 is 0 Å². The van der Waals surface area contributed by atoms with Crippen molar-refractivity contribution in [2.75, 3.05) is 26.7 Å². The van der Waals surface area contributed by atoms with Crippen molar-refractivity contribution in [1.29, 1.82) is 0 Å². The molecule has 1 atom stereocenters. The highest BCUT2D eigenvalue weighted by molar-refractivity contribution is 6.00. The zero-order valence-electron chi connectivity index (χ0n) is 34.5. The first-order chi connectivity index (χ1) is 28.7. The van der Waals surface area contributed by atoms with Gasteiger partial charge in [0.15, 0.2) is 0 Å². The summed E-state index contributed by atoms with van der Waals surface area (Å²) in [6.45, 7) is 2.51. The Labute approximate surface area is 344 Å². The molecular formula is C45H57N9O5. The summed E-state index contributed by atoms with van der Waals surface area (Å²) in [4.78, 5) is 70.4. The molecule has 2 aromatic carbocycles. The van der Waals surface area contributed by atoms with Crippen LogP contribution in [0, 0.1) is 0 Å². The Bertz CT molecular complexity index is 2370. The van der Waals surface area contributed by atoms with Crippen LogP contribution in [0.2, 0.25) is 0 Å². The summed E-state index contributed by atoms with van der Waals surface area (Å²) in [5, 5.41) is 11.1. The van der Waals surface area contributed by atoms with Crippen LogP contribution in [0.5, 0.6) is 0 Å². The average molecular weight is 804 g/mol. The maximum atomic E-state index is 13.3. The number of rotatable bonds is 19. The molecular weight excluding hydrogens is 747 g/mol. The molecule has 0 bridgehead atoms. The predicted molar refractivity (Wildman–Crippen MR) is 228 cm³/mol. The van der Waals surface area contributed by atoms with Gasteiger partial charge in [0, 0.05) is 63.7 Å². The molecule has 2 N–H and O–H groups in total. The molecule has 5 aromatic rings. The molecule has 14 nitrogen and oxygen atoms in total. The van der Waals surface area contributed by atoms with Gasteiger partial charge in [-0.15, -0.1) is 5.10 Å². The van der Waals surface area contributed by atoms with Crippen LogP contribution < -0.4 is 11.0 Å². The normalized spacial score (nSPS) is 15.9. The number of fused-ring (bicyclic) bond motifs is 2. The Balaban J connectivity index is 0.756. The quantitative estimate of drug-likeness (QED) is 0.0731. The van der Waals surface area contributed by atoms with Crippen LogP contribution in [0.1, 0.15) is 118 Å². The monoisotopic (exact) mass is 803 g/mol. The molecule has 1 saturated heterocycles. The largest absolute Gasteiger partial charge is 0.351 e. The van der Waals surface area contributed by atoms with Crippen molar-refractivity contribution in [3.05, 3.63) is 88.2 Å². The minimum absolute atomic E-state index is 0.00109. The van der Waals surface area contributed by atoms with Crippen molar-refractivity contribution in [3.63, 3.8) is 0 Å². The lowest BCUT2D eigenvalue weighted by Crippen LogP contribution is -2.44. The third kappa shape index (κ3) is 10.1. The molecule has 0 spiro atoms. The lowest BCUT2D eigenvalue weighted by molar-refractivity contribution is -0.136. The summed E-state index contributed by atoms with van der Waals surface area (Å²) in [7, 11) is 3.61. The second-order valence-corrected chi connectivity index (χ2v) is 16.2. The van der Waals surface area contributed by atoms with E-state index in [1.807, 2.05) is 35.0 Å². The van der Waals surface area contributed by atoms with Gasteiger partial charge in [-0.05, 0) is 73.1 Å². The maximum absolute atomic E-state index is 13.3. The van der Waals surface area contributed by atoms with Crippen molar-refractivity contribution in [1.82, 2.24) is 44.2 Å². The molecule has 5 heterocycles. The van der Waals surface area contributed by atoms with Gasteiger partial charge in [-0.2, -0.15) is 0 Å². The molecule has 0 radical (unpaired) electrons. The number of aromatic amines is 1. The molecule has 0 saturated carbocycles. The van der Waals surface area contributed by atoms with Gasteiger partial charge < -0.3 is 14.8 Å². The summed E-state index contributed by atoms with van der Waals surface area (Å²) in [5.41, 5.74) is 6.18. The average Bonchev–Trinajstić information content (AvgIpc) is 3.98. The summed E-state index contributed by atoms with van der Waals surface area (Å²) in [6, 6.07) is 13.5. The molecule has 14 heteroatoms. The number of benzene rings is 2. The van der Waals surface area contributed by atoms with Crippen LogP contribution in [-0.2, 0) is 34.4 Å². The lowest BCUT2D eigenvalue weighted by atomic mass is 10.00. The number of carbonyl (C=O) groups excluding carboxylic acids is 4. The van der Waals surface area contributed by atoms with Gasteiger partial charge >= 0.3 is 5.69 Å². The van der Waals surface area contributed by atoms with Crippen molar-refractivity contribution < 1.29 is 19.2 Å². The molecule has 1 unspecified atom stereocenters. The Morgan fingerprint density at radius 2 is 1.66 bits per heavy atom. The number of nitrogens with one attached hydrogen (secondary N) is 2. The van der Waals surface area contributed by atoms with Crippen molar-refractivity contribution >= 4 is 51.1 Å². The number of aryl methyl sites for hydroxylation is 3. The molecule has 0 aliphatic carbocycles. The molecule has 59 heavy (non-hydrogen) atoms. The third-order valence-electron chi connectivity index (χ3n) is 12.0. The lowest BCUT2D eigenvalue weighted by Gasteiger charge is -2.28. The minimum Gasteiger partial charge on any atom is -0.351 e. The molecule has 2 aliphatic rings. The van der Waals surface area contributed by atoms with E-state index in [2.05, 4.69) is 51.0 Å². The number of imide groups is 1. The number of aromatic nitrogens is 6. The fourth-order valence-corrected chi connectivity index (χ4v) is 8.52. The van der Waals surface area contributed by atoms with Crippen LogP contribution in [0.3, 0.4) is 0 Å². The van der Waals surface area contributed by atoms with E-state index in [1.54, 1.807) is 28.7 Å². The van der Waals surface area contributed by atoms with Gasteiger partial charge in [-0.1, -0.05) is 80.9 Å². The Hall–Kier alpha value is -5.79. The standard InChI is InChI=1S/C45H57N9O5/c1-50(44(58)37-30-34-18-17-33(29-36(34)47-37)35-15-13-25-52(31-35)42(56)22-26-53-27-23-46-49-53)24-12-10-8-6-4-3-5-7-9-11-14-32-16-19-38-40(28-32)51(2)45(59)54(38)39-20-21-41(55)48-43(39)57/h15-19,23,27-30,39,47H,3-14,20-22,24-26,31H2,1-2H3,(H,48,55,57). The molecule has 7 rings (SSSR count). The van der Waals surface area contributed by atoms with E-state index >= 15 is 0 Å². The predicted octanol–water partition coefficient (Wildman–Crippen LogP) is 6.31. The van der Waals surface area contributed by atoms with Crippen LogP contribution in [0.15, 0.2) is 65.7 Å². The fourth-order valence-electron chi connectivity index (χ4n) is 8.52. The van der Waals surface area contributed by atoms with Crippen molar-refractivity contribution in [3.8, 4) is 0 Å². The summed E-state index contributed by atoms with van der Waals surface area (Å²) in [5.74, 6) is -0.597. The zero-order valence-corrected chi connectivity index (χ0v) is 34.5. The molecule has 2 aliphatic heterocycles. The molecule has 312 valence electrons. The van der Waals surface area contributed by atoms with Crippen molar-refractivity contribution in [2.24, 2.45) is 7.05 Å². The summed E-state index contributed by atoms with van der Waals surface area (Å²) in [6.07, 6.45) is 19.9. The van der Waals surface area contributed by atoms with Gasteiger partial charge in [0.05, 0.1) is 23.8 Å². The Morgan fingerprint density at radius 3 is 2.41 bits per heavy atom. The number of unbranched alkanes of at least 4 members (excludes halogenated alkanes) is 9. The van der Waals surface area contributed by atoms with Gasteiger partial charge in [0.2, 0.25) is 17.7 Å². The molecule has 4 amide bonds. The van der Waals surface area contributed by atoms with Crippen LogP contribution in [0.4, 0.5) is 0 Å².